The molecular formula is C35H22Cl3F7N8O4S. The van der Waals surface area contributed by atoms with Crippen LogP contribution in [0.4, 0.5) is 30.7 Å². The number of fused-ring (bicyclic) bond motifs is 1. The molecule has 4 aromatic heterocycles. The van der Waals surface area contributed by atoms with Gasteiger partial charge < -0.3 is 20.1 Å². The normalized spacial score (nSPS) is 21.3. The van der Waals surface area contributed by atoms with Crippen LogP contribution in [-0.4, -0.2) is 73.4 Å². The van der Waals surface area contributed by atoms with Crippen molar-refractivity contribution in [2.75, 3.05) is 6.61 Å². The van der Waals surface area contributed by atoms with E-state index in [1.54, 1.807) is 0 Å². The van der Waals surface area contributed by atoms with Crippen molar-refractivity contribution in [1.82, 2.24) is 39.3 Å². The number of halogens is 10. The molecule has 1 aliphatic heterocycles. The molecule has 0 bridgehead atoms. The first-order valence-electron chi connectivity index (χ1n) is 16.6. The summed E-state index contributed by atoms with van der Waals surface area (Å²) in [5.41, 5.74) is -8.10. The zero-order chi connectivity index (χ0) is 41.6. The number of nitrogens with zero attached hydrogens (tertiary/aromatic N) is 8. The maximum Gasteiger partial charge on any atom is 0.419 e. The monoisotopic (exact) mass is 888 g/mol. The Hall–Kier alpha value is -4.67. The third kappa shape index (κ3) is 6.07. The molecule has 0 radical (unpaired) electrons. The lowest BCUT2D eigenvalue weighted by Gasteiger charge is -2.51. The summed E-state index contributed by atoms with van der Waals surface area (Å²) in [6, 6.07) is 5.24. The van der Waals surface area contributed by atoms with Crippen molar-refractivity contribution < 1.29 is 50.8 Å². The molecule has 7 aromatic rings. The van der Waals surface area contributed by atoms with Crippen LogP contribution < -0.4 is 0 Å². The summed E-state index contributed by atoms with van der Waals surface area (Å²) < 4.78 is 114. The fraction of sp³-hybridized carbons (Fsp3) is 0.229. The fourth-order valence-corrected chi connectivity index (χ4v) is 8.41. The predicted molar refractivity (Wildman–Crippen MR) is 194 cm³/mol. The number of thiazole rings is 1. The minimum absolute atomic E-state index is 0.173. The highest BCUT2D eigenvalue weighted by Crippen LogP contribution is 2.51. The Morgan fingerprint density at radius 3 is 2.07 bits per heavy atom. The van der Waals surface area contributed by atoms with Gasteiger partial charge in [0, 0.05) is 41.1 Å². The number of alkyl halides is 3. The Bertz CT molecular complexity index is 2760. The summed E-state index contributed by atoms with van der Waals surface area (Å²) >= 11 is 18.6. The van der Waals surface area contributed by atoms with Crippen LogP contribution in [0.3, 0.4) is 0 Å². The second kappa shape index (κ2) is 14.3. The number of hydrogen-bond acceptors (Lipinski definition) is 10. The molecule has 3 aromatic carbocycles. The van der Waals surface area contributed by atoms with E-state index in [-0.39, 0.29) is 27.5 Å². The second-order valence-electron chi connectivity index (χ2n) is 13.0. The third-order valence-corrected chi connectivity index (χ3v) is 11.3. The van der Waals surface area contributed by atoms with Crippen molar-refractivity contribution in [1.29, 1.82) is 0 Å². The van der Waals surface area contributed by atoms with Crippen molar-refractivity contribution in [2.24, 2.45) is 0 Å². The van der Waals surface area contributed by atoms with Crippen molar-refractivity contribution in [3.05, 3.63) is 116 Å². The van der Waals surface area contributed by atoms with Gasteiger partial charge in [0.25, 0.3) is 5.72 Å². The van der Waals surface area contributed by atoms with Crippen LogP contribution in [0.1, 0.15) is 23.6 Å². The Kier molecular flexibility index (Phi) is 9.87. The van der Waals surface area contributed by atoms with E-state index in [9.17, 15) is 24.1 Å². The quantitative estimate of drug-likeness (QED) is 0.109. The number of aromatic nitrogens is 8. The van der Waals surface area contributed by atoms with Gasteiger partial charge in [-0.3, -0.25) is 0 Å². The predicted octanol–water partition coefficient (Wildman–Crippen LogP) is 7.64. The maximum absolute atomic E-state index is 15.4. The van der Waals surface area contributed by atoms with E-state index in [1.807, 2.05) is 0 Å². The van der Waals surface area contributed by atoms with Crippen LogP contribution in [0.5, 0.6) is 0 Å². The molecule has 1 unspecified atom stereocenters. The van der Waals surface area contributed by atoms with E-state index in [0.29, 0.717) is 16.0 Å². The topological polar surface area (TPSA) is 149 Å². The number of ether oxygens (including phenoxy) is 1. The van der Waals surface area contributed by atoms with Crippen molar-refractivity contribution in [3.8, 4) is 27.9 Å². The average Bonchev–Trinajstić information content (AvgIpc) is 4.00. The maximum atomic E-state index is 15.4. The van der Waals surface area contributed by atoms with Gasteiger partial charge in [-0.25, -0.2) is 41.6 Å². The van der Waals surface area contributed by atoms with Crippen LogP contribution in [0.25, 0.3) is 38.2 Å². The van der Waals surface area contributed by atoms with Gasteiger partial charge in [-0.2, -0.15) is 28.5 Å². The molecule has 3 N–H and O–H groups in total. The standard InChI is InChI=1S/C35H22Cl3F7N8O4S/c1-14-49-32(53(50-14)22-6-21(38)30-31(58-13-46-30)25(22)35(43,44)45)34(52-11-16(9-48-52)18-3-5-20(37)29(42)27(18)40)33(56,7-23(55)24(12-54)57-34)51-10-15(8-47-51)17-2-4-19(36)28(41)26(17)39/h2-6,8-11,13,23-24,54-56H,7,12H2,1H3/t23-,24-,33-,34?/m0/s1. The number of rotatable bonds is 7. The zero-order valence-corrected chi connectivity index (χ0v) is 31.9. The van der Waals surface area contributed by atoms with Crippen LogP contribution in [0.15, 0.2) is 60.6 Å². The van der Waals surface area contributed by atoms with Gasteiger partial charge in [-0.1, -0.05) is 34.8 Å². The van der Waals surface area contributed by atoms with E-state index in [1.165, 1.54) is 6.92 Å². The van der Waals surface area contributed by atoms with Crippen LogP contribution in [0.2, 0.25) is 15.1 Å². The lowest BCUT2D eigenvalue weighted by molar-refractivity contribution is -0.338. The molecule has 23 heteroatoms. The molecule has 8 rings (SSSR count). The summed E-state index contributed by atoms with van der Waals surface area (Å²) in [5, 5.41) is 46.4. The van der Waals surface area contributed by atoms with Crippen LogP contribution in [-0.2, 0) is 22.4 Å². The minimum atomic E-state index is -5.10. The van der Waals surface area contributed by atoms with E-state index < -0.39 is 109 Å². The lowest BCUT2D eigenvalue weighted by atomic mass is 9.86. The van der Waals surface area contributed by atoms with Gasteiger partial charge in [-0.15, -0.1) is 11.3 Å². The van der Waals surface area contributed by atoms with Gasteiger partial charge in [0.2, 0.25) is 5.72 Å². The molecule has 0 saturated carbocycles. The van der Waals surface area contributed by atoms with Gasteiger partial charge >= 0.3 is 6.18 Å². The van der Waals surface area contributed by atoms with Crippen molar-refractivity contribution in [2.45, 2.75) is 43.2 Å². The first-order chi connectivity index (χ1) is 27.4. The van der Waals surface area contributed by atoms with E-state index in [4.69, 9.17) is 39.5 Å². The molecule has 302 valence electrons. The van der Waals surface area contributed by atoms with Crippen molar-refractivity contribution >= 4 is 56.4 Å². The lowest BCUT2D eigenvalue weighted by Crippen LogP contribution is -2.68. The summed E-state index contributed by atoms with van der Waals surface area (Å²) in [6.07, 6.45) is -5.43. The Morgan fingerprint density at radius 2 is 1.48 bits per heavy atom. The molecule has 1 saturated heterocycles. The minimum Gasteiger partial charge on any atom is -0.394 e. The number of aliphatic hydroxyl groups is 3. The molecule has 12 nitrogen and oxygen atoms in total. The molecule has 58 heavy (non-hydrogen) atoms. The zero-order valence-electron chi connectivity index (χ0n) is 28.9. The highest BCUT2D eigenvalue weighted by Gasteiger charge is 2.66. The van der Waals surface area contributed by atoms with E-state index in [0.717, 1.165) is 70.0 Å². The summed E-state index contributed by atoms with van der Waals surface area (Å²) in [5.74, 6) is -6.57. The average molecular weight is 890 g/mol. The Morgan fingerprint density at radius 1 is 0.897 bits per heavy atom. The first kappa shape index (κ1) is 40.1. The van der Waals surface area contributed by atoms with Gasteiger partial charge in [0.05, 0.1) is 56.1 Å². The molecule has 5 heterocycles. The molecule has 1 fully saturated rings. The van der Waals surface area contributed by atoms with E-state index >= 15 is 22.0 Å². The second-order valence-corrected chi connectivity index (χ2v) is 15.1. The fourth-order valence-electron chi connectivity index (χ4n) is 6.94. The van der Waals surface area contributed by atoms with E-state index in [2.05, 4.69) is 25.3 Å². The third-order valence-electron chi connectivity index (χ3n) is 9.59. The smallest absolute Gasteiger partial charge is 0.394 e. The summed E-state index contributed by atoms with van der Waals surface area (Å²) in [4.78, 5) is 8.39. The van der Waals surface area contributed by atoms with Crippen LogP contribution >= 0.6 is 46.1 Å². The highest BCUT2D eigenvalue weighted by molar-refractivity contribution is 7.17. The first-order valence-corrected chi connectivity index (χ1v) is 18.6. The van der Waals surface area contributed by atoms with Gasteiger partial charge in [0.1, 0.15) is 23.0 Å². The molecular weight excluding hydrogens is 868 g/mol. The number of aryl methyl sites for hydroxylation is 1. The molecule has 0 aliphatic carbocycles. The SMILES string of the molecule is Cc1nc(C2(n3cc(-c4ccc(Cl)c(F)c4F)cn3)O[C@@H](CO)[C@@H](O)C[C@@]2(O)n2cc(-c3ccc(Cl)c(F)c3F)cn2)n(-c2cc(Cl)c3ncsc3c2C(F)(F)F)n1. The largest absolute Gasteiger partial charge is 0.419 e. The van der Waals surface area contributed by atoms with Crippen LogP contribution in [0, 0.1) is 30.2 Å². The number of hydrogen-bond donors (Lipinski definition) is 3. The number of aliphatic hydroxyl groups excluding tert-OH is 2. The van der Waals surface area contributed by atoms with Gasteiger partial charge in [-0.05, 0) is 37.3 Å². The Balaban J connectivity index is 1.47. The summed E-state index contributed by atoms with van der Waals surface area (Å²) in [6.45, 7) is 0.321. The number of benzene rings is 3. The highest BCUT2D eigenvalue weighted by atomic mass is 35.5. The molecule has 4 atom stereocenters. The van der Waals surface area contributed by atoms with Gasteiger partial charge in [0.15, 0.2) is 29.1 Å². The summed E-state index contributed by atoms with van der Waals surface area (Å²) in [7, 11) is 0. The Labute approximate surface area is 339 Å². The van der Waals surface area contributed by atoms with Crippen molar-refractivity contribution in [3.63, 3.8) is 0 Å². The molecule has 0 amide bonds. The molecule has 1 aliphatic rings. The molecule has 0 spiro atoms.